The Morgan fingerprint density at radius 1 is 1.19 bits per heavy atom. The number of H-pyrrole nitrogens is 1. The highest BCUT2D eigenvalue weighted by atomic mass is 19.1. The number of carbonyl (C=O) groups excluding carboxylic acids is 3. The molecule has 1 aromatic heterocycles. The summed E-state index contributed by atoms with van der Waals surface area (Å²) in [7, 11) is 0. The number of aromatic nitrogens is 2. The van der Waals surface area contributed by atoms with Crippen molar-refractivity contribution in [2.45, 2.75) is 12.5 Å². The first-order chi connectivity index (χ1) is 14.8. The highest BCUT2D eigenvalue weighted by Gasteiger charge is 2.49. The monoisotopic (exact) mass is 425 g/mol. The quantitative estimate of drug-likeness (QED) is 0.531. The van der Waals surface area contributed by atoms with Gasteiger partial charge in [0.15, 0.2) is 5.82 Å². The Labute approximate surface area is 174 Å². The number of anilines is 1. The molecular weight excluding hydrogens is 409 g/mol. The van der Waals surface area contributed by atoms with Crippen LogP contribution in [0.2, 0.25) is 0 Å². The maximum atomic E-state index is 13.2. The molecule has 4 amide bonds. The fourth-order valence-corrected chi connectivity index (χ4v) is 3.26. The standard InChI is InChI=1S/C20H16FN5O5/c1-20(12-5-7-13(21)8-6-12)17(28)26(18(29)24-20)10-15(27)22-14-4-2-3-11(9-14)16-23-19(30)31-25-16/h2-9H,10H2,1H3,(H,22,27)(H,24,29)(H,23,25,30). The van der Waals surface area contributed by atoms with Crippen LogP contribution in [-0.4, -0.2) is 39.4 Å². The second-order valence-corrected chi connectivity index (χ2v) is 7.03. The zero-order chi connectivity index (χ0) is 22.2. The summed E-state index contributed by atoms with van der Waals surface area (Å²) < 4.78 is 17.7. The van der Waals surface area contributed by atoms with Gasteiger partial charge in [-0.2, -0.15) is 0 Å². The second kappa shape index (κ2) is 7.52. The third-order valence-electron chi connectivity index (χ3n) is 4.86. The second-order valence-electron chi connectivity index (χ2n) is 7.03. The van der Waals surface area contributed by atoms with E-state index in [1.165, 1.54) is 31.2 Å². The van der Waals surface area contributed by atoms with Crippen molar-refractivity contribution in [2.75, 3.05) is 11.9 Å². The van der Waals surface area contributed by atoms with Crippen molar-refractivity contribution < 1.29 is 23.3 Å². The summed E-state index contributed by atoms with van der Waals surface area (Å²) in [6, 6.07) is 10.8. The number of amides is 4. The topological polar surface area (TPSA) is 137 Å². The van der Waals surface area contributed by atoms with Gasteiger partial charge in [0, 0.05) is 11.3 Å². The van der Waals surface area contributed by atoms with Crippen LogP contribution in [0.3, 0.4) is 0 Å². The average molecular weight is 425 g/mol. The Morgan fingerprint density at radius 2 is 1.94 bits per heavy atom. The number of halogens is 1. The first-order valence-electron chi connectivity index (χ1n) is 9.13. The lowest BCUT2D eigenvalue weighted by Crippen LogP contribution is -2.42. The SMILES string of the molecule is CC1(c2ccc(F)cc2)NC(=O)N(CC(=O)Nc2cccc(-c3noc(=O)[nH]3)c2)C1=O. The number of benzene rings is 2. The van der Waals surface area contributed by atoms with Gasteiger partial charge in [0.1, 0.15) is 17.9 Å². The smallest absolute Gasteiger partial charge is 0.325 e. The molecule has 2 aromatic carbocycles. The number of nitrogens with one attached hydrogen (secondary N) is 3. The Morgan fingerprint density at radius 3 is 2.61 bits per heavy atom. The van der Waals surface area contributed by atoms with Gasteiger partial charge in [-0.25, -0.2) is 14.0 Å². The zero-order valence-electron chi connectivity index (χ0n) is 16.1. The summed E-state index contributed by atoms with van der Waals surface area (Å²) in [5.74, 6) is -2.25. The first kappa shape index (κ1) is 20.0. The molecule has 0 saturated carbocycles. The molecule has 0 bridgehead atoms. The summed E-state index contributed by atoms with van der Waals surface area (Å²) in [6.07, 6.45) is 0. The third kappa shape index (κ3) is 3.80. The largest absolute Gasteiger partial charge is 0.439 e. The normalized spacial score (nSPS) is 18.2. The van der Waals surface area contributed by atoms with E-state index >= 15 is 0 Å². The maximum Gasteiger partial charge on any atom is 0.439 e. The molecule has 1 saturated heterocycles. The van der Waals surface area contributed by atoms with Crippen molar-refractivity contribution >= 4 is 23.5 Å². The van der Waals surface area contributed by atoms with E-state index in [9.17, 15) is 23.6 Å². The number of rotatable bonds is 5. The molecule has 31 heavy (non-hydrogen) atoms. The predicted octanol–water partition coefficient (Wildman–Crippen LogP) is 1.57. The lowest BCUT2D eigenvalue weighted by Gasteiger charge is -2.22. The fourth-order valence-electron chi connectivity index (χ4n) is 3.26. The van der Waals surface area contributed by atoms with E-state index in [1.54, 1.807) is 24.3 Å². The van der Waals surface area contributed by atoms with E-state index in [-0.39, 0.29) is 5.82 Å². The molecule has 3 N–H and O–H groups in total. The molecule has 1 aliphatic rings. The molecule has 1 atom stereocenters. The van der Waals surface area contributed by atoms with Crippen LogP contribution in [0.25, 0.3) is 11.4 Å². The van der Waals surface area contributed by atoms with E-state index in [0.29, 0.717) is 16.8 Å². The van der Waals surface area contributed by atoms with Crippen molar-refractivity contribution in [3.8, 4) is 11.4 Å². The number of aromatic amines is 1. The van der Waals surface area contributed by atoms with Crippen LogP contribution in [-0.2, 0) is 15.1 Å². The van der Waals surface area contributed by atoms with Gasteiger partial charge >= 0.3 is 11.8 Å². The van der Waals surface area contributed by atoms with Crippen LogP contribution < -0.4 is 16.4 Å². The Hall–Kier alpha value is -4.28. The van der Waals surface area contributed by atoms with Crippen molar-refractivity contribution in [1.29, 1.82) is 0 Å². The van der Waals surface area contributed by atoms with Gasteiger partial charge in [0.2, 0.25) is 5.91 Å². The molecule has 10 nitrogen and oxygen atoms in total. The molecule has 11 heteroatoms. The van der Waals surface area contributed by atoms with E-state index in [2.05, 4.69) is 25.3 Å². The van der Waals surface area contributed by atoms with E-state index in [4.69, 9.17) is 0 Å². The first-order valence-corrected chi connectivity index (χ1v) is 9.13. The molecule has 4 rings (SSSR count). The summed E-state index contributed by atoms with van der Waals surface area (Å²) in [4.78, 5) is 52.0. The van der Waals surface area contributed by atoms with Crippen molar-refractivity contribution in [1.82, 2.24) is 20.4 Å². The zero-order valence-corrected chi connectivity index (χ0v) is 16.1. The number of hydrogen-bond donors (Lipinski definition) is 3. The van der Waals surface area contributed by atoms with Crippen molar-refractivity contribution in [3.63, 3.8) is 0 Å². The highest BCUT2D eigenvalue weighted by molar-refractivity contribution is 6.10. The molecule has 1 unspecified atom stereocenters. The van der Waals surface area contributed by atoms with Gasteiger partial charge in [-0.1, -0.05) is 29.4 Å². The number of carbonyl (C=O) groups is 3. The van der Waals surface area contributed by atoms with Gasteiger partial charge < -0.3 is 10.6 Å². The lowest BCUT2D eigenvalue weighted by molar-refractivity contribution is -0.133. The third-order valence-corrected chi connectivity index (χ3v) is 4.86. The van der Waals surface area contributed by atoms with Gasteiger partial charge in [-0.15, -0.1) is 0 Å². The van der Waals surface area contributed by atoms with Crippen LogP contribution in [0.4, 0.5) is 14.9 Å². The molecule has 2 heterocycles. The van der Waals surface area contributed by atoms with Crippen LogP contribution in [0.5, 0.6) is 0 Å². The maximum absolute atomic E-state index is 13.2. The number of nitrogens with zero attached hydrogens (tertiary/aromatic N) is 2. The number of urea groups is 1. The molecular formula is C20H16FN5O5. The summed E-state index contributed by atoms with van der Waals surface area (Å²) in [6.45, 7) is 0.965. The molecule has 158 valence electrons. The van der Waals surface area contributed by atoms with Gasteiger partial charge in [-0.3, -0.25) is 24.0 Å². The van der Waals surface area contributed by atoms with Gasteiger partial charge in [-0.05, 0) is 36.8 Å². The molecule has 1 aliphatic heterocycles. The fraction of sp³-hybridized carbons (Fsp3) is 0.150. The predicted molar refractivity (Wildman–Crippen MR) is 105 cm³/mol. The van der Waals surface area contributed by atoms with Crippen LogP contribution in [0.15, 0.2) is 57.8 Å². The van der Waals surface area contributed by atoms with E-state index in [1.807, 2.05) is 0 Å². The Balaban J connectivity index is 1.47. The Kier molecular flexibility index (Phi) is 4.85. The van der Waals surface area contributed by atoms with Crippen molar-refractivity contribution in [2.24, 2.45) is 0 Å². The summed E-state index contributed by atoms with van der Waals surface area (Å²) >= 11 is 0. The molecule has 3 aromatic rings. The van der Waals surface area contributed by atoms with Crippen molar-refractivity contribution in [3.05, 3.63) is 70.5 Å². The number of imide groups is 1. The Bertz CT molecular complexity index is 1240. The van der Waals surface area contributed by atoms with Crippen LogP contribution in [0.1, 0.15) is 12.5 Å². The van der Waals surface area contributed by atoms with Crippen LogP contribution in [0, 0.1) is 5.82 Å². The molecule has 0 radical (unpaired) electrons. The summed E-state index contributed by atoms with van der Waals surface area (Å²) in [5.41, 5.74) is -0.171. The molecule has 1 fully saturated rings. The minimum absolute atomic E-state index is 0.185. The van der Waals surface area contributed by atoms with Gasteiger partial charge in [0.05, 0.1) is 0 Å². The van der Waals surface area contributed by atoms with Crippen LogP contribution >= 0.6 is 0 Å². The summed E-state index contributed by atoms with van der Waals surface area (Å²) in [5, 5.41) is 8.71. The van der Waals surface area contributed by atoms with Gasteiger partial charge in [0.25, 0.3) is 5.91 Å². The van der Waals surface area contributed by atoms with E-state index < -0.39 is 41.5 Å². The molecule has 0 aliphatic carbocycles. The average Bonchev–Trinajstić information content (AvgIpc) is 3.26. The lowest BCUT2D eigenvalue weighted by atomic mass is 9.92. The number of hydrogen-bond acceptors (Lipinski definition) is 6. The minimum atomic E-state index is -1.41. The highest BCUT2D eigenvalue weighted by Crippen LogP contribution is 2.29. The minimum Gasteiger partial charge on any atom is -0.325 e. The van der Waals surface area contributed by atoms with E-state index in [0.717, 1.165) is 4.90 Å². The molecule has 0 spiro atoms.